The molecule has 1 aromatic carbocycles. The largest absolute Gasteiger partial charge is 0.495 e. The zero-order valence-corrected chi connectivity index (χ0v) is 29.9. The van der Waals surface area contributed by atoms with E-state index in [4.69, 9.17) is 10.5 Å². The van der Waals surface area contributed by atoms with Crippen molar-refractivity contribution >= 4 is 11.8 Å². The number of rotatable bonds is 7. The maximum absolute atomic E-state index is 13.4. The number of hydrazine groups is 1. The Labute approximate surface area is 293 Å². The molecule has 1 aromatic rings. The van der Waals surface area contributed by atoms with Crippen molar-refractivity contribution in [1.29, 1.82) is 0 Å². The number of nitrogens with two attached hydrogens (primary N) is 1. The Morgan fingerprint density at radius 3 is 1.73 bits per heavy atom. The zero-order chi connectivity index (χ0) is 35.1. The number of fused-ring (bicyclic) bond motifs is 9. The van der Waals surface area contributed by atoms with Crippen molar-refractivity contribution in [3.05, 3.63) is 29.3 Å². The summed E-state index contributed by atoms with van der Waals surface area (Å²) in [6, 6.07) is 5.07. The topological polar surface area (TPSA) is 187 Å². The summed E-state index contributed by atoms with van der Waals surface area (Å²) >= 11 is 0. The first-order valence-corrected chi connectivity index (χ1v) is 18.0. The molecule has 4 bridgehead atoms. The lowest BCUT2D eigenvalue weighted by atomic mass is 10.1. The summed E-state index contributed by atoms with van der Waals surface area (Å²) in [5.74, 6) is -0.326. The van der Waals surface area contributed by atoms with Gasteiger partial charge in [-0.2, -0.15) is 0 Å². The smallest absolute Gasteiger partial charge is 0.255 e. The van der Waals surface area contributed by atoms with Crippen molar-refractivity contribution in [1.82, 2.24) is 57.0 Å². The van der Waals surface area contributed by atoms with Gasteiger partial charge in [0.1, 0.15) is 12.0 Å². The number of benzene rings is 1. The Morgan fingerprint density at radius 2 is 1.24 bits per heavy atom. The summed E-state index contributed by atoms with van der Waals surface area (Å²) in [6.07, 6.45) is -0.593. The molecular weight excluding hydrogens is 628 g/mol. The Kier molecular flexibility index (Phi) is 20.6. The van der Waals surface area contributed by atoms with E-state index in [1.807, 2.05) is 0 Å². The van der Waals surface area contributed by atoms with Crippen molar-refractivity contribution in [3.8, 4) is 5.75 Å². The number of hydrogen-bond acceptors (Lipinski definition) is 14. The van der Waals surface area contributed by atoms with E-state index in [-0.39, 0.29) is 17.6 Å². The number of aliphatic hydroxyl groups excluding tert-OH is 1. The third-order valence-electron chi connectivity index (χ3n) is 8.83. The molecule has 16 nitrogen and oxygen atoms in total. The van der Waals surface area contributed by atoms with E-state index in [9.17, 15) is 14.7 Å². The number of para-hydroxylation sites is 1. The van der Waals surface area contributed by atoms with E-state index in [0.717, 1.165) is 105 Å². The van der Waals surface area contributed by atoms with Gasteiger partial charge in [0.15, 0.2) is 0 Å². The number of hydrogen-bond donors (Lipinski definition) is 9. The Bertz CT molecular complexity index is 1070. The molecule has 1 fully saturated rings. The first-order valence-electron chi connectivity index (χ1n) is 18.0. The average molecular weight is 693 g/mol. The SMILES string of the molecule is COc1c2cccc1C(=O)NCCN(CCNC(C)O)CCN1CCNCCNCCN(CCNNCC1)CCN(CCN)CCNC2=O. The highest BCUT2D eigenvalue weighted by molar-refractivity contribution is 6.04. The fourth-order valence-electron chi connectivity index (χ4n) is 5.99. The predicted octanol–water partition coefficient (Wildman–Crippen LogP) is -3.45. The number of aliphatic hydroxyl groups is 1. The molecule has 0 spiro atoms. The first-order chi connectivity index (χ1) is 23.9. The average Bonchev–Trinajstić information content (AvgIpc) is 3.09. The second-order valence-electron chi connectivity index (χ2n) is 12.5. The van der Waals surface area contributed by atoms with E-state index in [2.05, 4.69) is 57.0 Å². The van der Waals surface area contributed by atoms with Crippen molar-refractivity contribution in [2.45, 2.75) is 13.2 Å². The van der Waals surface area contributed by atoms with E-state index < -0.39 is 6.23 Å². The van der Waals surface area contributed by atoms with Crippen LogP contribution < -0.4 is 47.9 Å². The van der Waals surface area contributed by atoms with Crippen LogP contribution in [0.25, 0.3) is 0 Å². The lowest BCUT2D eigenvalue weighted by Gasteiger charge is -2.29. The maximum atomic E-state index is 13.4. The standard InChI is InChI=1S/C33H64N12O4/c1-28(46)37-11-19-45-21-13-39-33(48)30-5-3-4-29(31(30)49-2)32(47)38-12-20-42(16-6-34)24-25-43-17-9-35-7-8-36-10-18-44(26-27-45)23-15-41-40-14-22-43/h3-5,28,35-37,40-41,46H,6-27,34H2,1-2H3,(H,38,47)(H,39,48). The van der Waals surface area contributed by atoms with Gasteiger partial charge in [0.05, 0.1) is 18.2 Å². The van der Waals surface area contributed by atoms with Crippen molar-refractivity contribution in [2.75, 3.05) is 151 Å². The van der Waals surface area contributed by atoms with E-state index in [0.29, 0.717) is 50.4 Å². The van der Waals surface area contributed by atoms with Crippen LogP contribution in [0.1, 0.15) is 27.6 Å². The van der Waals surface area contributed by atoms with Gasteiger partial charge in [-0.1, -0.05) is 6.07 Å². The van der Waals surface area contributed by atoms with Gasteiger partial charge in [0.2, 0.25) is 0 Å². The van der Waals surface area contributed by atoms with Crippen molar-refractivity contribution in [3.63, 3.8) is 0 Å². The molecule has 3 atom stereocenters. The van der Waals surface area contributed by atoms with E-state index in [1.165, 1.54) is 7.11 Å². The fraction of sp³-hybridized carbons (Fsp3) is 0.758. The summed E-state index contributed by atoms with van der Waals surface area (Å²) in [6.45, 7) is 18.8. The van der Waals surface area contributed by atoms with Gasteiger partial charge in [0, 0.05) is 144 Å². The summed E-state index contributed by atoms with van der Waals surface area (Å²) in [5.41, 5.74) is 13.4. The molecule has 1 saturated heterocycles. The molecule has 2 amide bonds. The monoisotopic (exact) mass is 693 g/mol. The molecule has 2 aliphatic heterocycles. The highest BCUT2D eigenvalue weighted by Crippen LogP contribution is 2.24. The molecule has 49 heavy (non-hydrogen) atoms. The lowest BCUT2D eigenvalue weighted by Crippen LogP contribution is -2.48. The number of methoxy groups -OCH3 is 1. The van der Waals surface area contributed by atoms with Gasteiger partial charge in [0.25, 0.3) is 11.8 Å². The van der Waals surface area contributed by atoms with Crippen LogP contribution >= 0.6 is 0 Å². The predicted molar refractivity (Wildman–Crippen MR) is 194 cm³/mol. The normalized spacial score (nSPS) is 23.9. The summed E-state index contributed by atoms with van der Waals surface area (Å²) in [7, 11) is 1.48. The van der Waals surface area contributed by atoms with Crippen LogP contribution in [-0.4, -0.2) is 194 Å². The fourth-order valence-corrected chi connectivity index (χ4v) is 5.99. The first kappa shape index (κ1) is 40.9. The zero-order valence-electron chi connectivity index (χ0n) is 29.9. The van der Waals surface area contributed by atoms with Gasteiger partial charge in [-0.15, -0.1) is 0 Å². The van der Waals surface area contributed by atoms with E-state index in [1.54, 1.807) is 25.1 Å². The van der Waals surface area contributed by atoms with Crippen LogP contribution in [0.5, 0.6) is 5.75 Å². The molecule has 10 N–H and O–H groups in total. The number of carbonyl (C=O) groups is 2. The lowest BCUT2D eigenvalue weighted by molar-refractivity contribution is 0.0941. The third kappa shape index (κ3) is 16.4. The van der Waals surface area contributed by atoms with Crippen LogP contribution in [0.2, 0.25) is 0 Å². The van der Waals surface area contributed by atoms with Gasteiger partial charge < -0.3 is 36.8 Å². The number of nitrogens with zero attached hydrogens (tertiary/aromatic N) is 4. The van der Waals surface area contributed by atoms with Crippen LogP contribution in [0.15, 0.2) is 18.2 Å². The summed E-state index contributed by atoms with van der Waals surface area (Å²) in [5, 5.41) is 26.0. The molecule has 0 radical (unpaired) electrons. The molecule has 3 unspecified atom stereocenters. The molecule has 3 rings (SSSR count). The minimum atomic E-state index is -0.593. The Morgan fingerprint density at radius 1 is 0.735 bits per heavy atom. The van der Waals surface area contributed by atoms with Gasteiger partial charge >= 0.3 is 0 Å². The molecule has 0 aliphatic carbocycles. The minimum Gasteiger partial charge on any atom is -0.495 e. The Balaban J connectivity index is 1.80. The molecule has 2 aliphatic rings. The van der Waals surface area contributed by atoms with Crippen LogP contribution in [-0.2, 0) is 0 Å². The minimum absolute atomic E-state index is 0.257. The number of amides is 2. The van der Waals surface area contributed by atoms with Gasteiger partial charge in [-0.3, -0.25) is 45.4 Å². The van der Waals surface area contributed by atoms with Gasteiger partial charge in [-0.05, 0) is 19.1 Å². The maximum Gasteiger partial charge on any atom is 0.255 e. The Hall–Kier alpha value is -2.48. The van der Waals surface area contributed by atoms with Crippen LogP contribution in [0, 0.1) is 0 Å². The van der Waals surface area contributed by atoms with Crippen LogP contribution in [0.4, 0.5) is 0 Å². The van der Waals surface area contributed by atoms with Crippen LogP contribution in [0.3, 0.4) is 0 Å². The van der Waals surface area contributed by atoms with Crippen molar-refractivity contribution in [2.24, 2.45) is 5.73 Å². The number of ether oxygens (including phenoxy) is 1. The quantitative estimate of drug-likeness (QED) is 0.129. The highest BCUT2D eigenvalue weighted by atomic mass is 16.5. The molecule has 0 aromatic heterocycles. The summed E-state index contributed by atoms with van der Waals surface area (Å²) in [4.78, 5) is 36.2. The van der Waals surface area contributed by atoms with E-state index >= 15 is 0 Å². The molecule has 280 valence electrons. The molecule has 0 saturated carbocycles. The molecule has 2 heterocycles. The second kappa shape index (κ2) is 24.6. The van der Waals surface area contributed by atoms with Crippen molar-refractivity contribution < 1.29 is 19.4 Å². The highest BCUT2D eigenvalue weighted by Gasteiger charge is 2.21. The number of carbonyl (C=O) groups excluding carboxylic acids is 2. The van der Waals surface area contributed by atoms with Gasteiger partial charge in [-0.25, -0.2) is 0 Å². The summed E-state index contributed by atoms with van der Waals surface area (Å²) < 4.78 is 5.61. The molecule has 16 heteroatoms. The third-order valence-corrected chi connectivity index (χ3v) is 8.83. The molecular formula is C33H64N12O4. The second-order valence-corrected chi connectivity index (χ2v) is 12.5. The number of nitrogens with one attached hydrogen (secondary N) is 7.